The molecule has 2 aliphatic rings. The van der Waals surface area contributed by atoms with E-state index in [2.05, 4.69) is 217 Å². The molecular formula is C53H44BN5O. The van der Waals surface area contributed by atoms with Crippen molar-refractivity contribution in [3.05, 3.63) is 223 Å². The number of benzene rings is 6. The van der Waals surface area contributed by atoms with Crippen molar-refractivity contribution in [3.63, 3.8) is 0 Å². The van der Waals surface area contributed by atoms with Crippen molar-refractivity contribution in [1.82, 2.24) is 14.4 Å². The number of fused-ring (bicyclic) bond motifs is 4. The molecule has 2 N–H and O–H groups in total. The third kappa shape index (κ3) is 7.05. The Bertz CT molecular complexity index is 3010. The smallest absolute Gasteiger partial charge is 0.322 e. The molecule has 6 aromatic carbocycles. The maximum atomic E-state index is 6.64. The van der Waals surface area contributed by atoms with Gasteiger partial charge in [0.25, 0.3) is 0 Å². The van der Waals surface area contributed by atoms with Crippen molar-refractivity contribution in [1.29, 1.82) is 0 Å². The van der Waals surface area contributed by atoms with E-state index in [1.54, 1.807) is 0 Å². The quantitative estimate of drug-likeness (QED) is 0.143. The third-order valence-corrected chi connectivity index (χ3v) is 11.3. The highest BCUT2D eigenvalue weighted by atomic mass is 16.5. The van der Waals surface area contributed by atoms with Gasteiger partial charge in [0, 0.05) is 52.3 Å². The van der Waals surface area contributed by atoms with Crippen LogP contribution in [0.3, 0.4) is 0 Å². The molecule has 2 aliphatic heterocycles. The van der Waals surface area contributed by atoms with Gasteiger partial charge in [0.2, 0.25) is 0 Å². The first-order valence-electron chi connectivity index (χ1n) is 20.5. The molecule has 0 amide bonds. The number of rotatable bonds is 9. The van der Waals surface area contributed by atoms with Crippen LogP contribution >= 0.6 is 0 Å². The Hall–Kier alpha value is -7.51. The Balaban J connectivity index is 0.986. The zero-order chi connectivity index (χ0) is 40.6. The summed E-state index contributed by atoms with van der Waals surface area (Å²) in [5, 5.41) is 9.98. The molecule has 0 bridgehead atoms. The van der Waals surface area contributed by atoms with Crippen LogP contribution in [0.4, 0.5) is 17.1 Å². The molecule has 2 aromatic heterocycles. The van der Waals surface area contributed by atoms with Gasteiger partial charge in [-0.2, -0.15) is 0 Å². The number of aromatic nitrogens is 2. The van der Waals surface area contributed by atoms with Gasteiger partial charge in [0.05, 0.1) is 22.4 Å². The predicted molar refractivity (Wildman–Crippen MR) is 251 cm³/mol. The fourth-order valence-electron chi connectivity index (χ4n) is 8.32. The zero-order valence-corrected chi connectivity index (χ0v) is 33.9. The minimum atomic E-state index is -0.00686. The lowest BCUT2D eigenvalue weighted by Crippen LogP contribution is -2.37. The molecule has 0 saturated heterocycles. The van der Waals surface area contributed by atoms with Crippen molar-refractivity contribution in [2.75, 3.05) is 10.6 Å². The van der Waals surface area contributed by atoms with Crippen LogP contribution in [0.5, 0.6) is 11.5 Å². The van der Waals surface area contributed by atoms with Gasteiger partial charge in [-0.3, -0.25) is 4.57 Å². The lowest BCUT2D eigenvalue weighted by atomic mass is 9.49. The SMILES string of the molecule is CC(C)(C)c1ccnc(-n2c3ccccc3c3ccc(Oc4cccc(Nc5ccccc5NC5=C(c6ccccc6)B6C=CC=CN6C=C5c5ccccc5)c4)cc32)c1. The largest absolute Gasteiger partial charge is 0.457 e. The van der Waals surface area contributed by atoms with Crippen molar-refractivity contribution >= 4 is 56.8 Å². The first-order chi connectivity index (χ1) is 29.4. The van der Waals surface area contributed by atoms with E-state index in [1.165, 1.54) is 22.0 Å². The van der Waals surface area contributed by atoms with Crippen molar-refractivity contribution in [2.24, 2.45) is 0 Å². The Morgan fingerprint density at radius 3 is 2.10 bits per heavy atom. The average Bonchev–Trinajstić information content (AvgIpc) is 3.61. The molecule has 6 nitrogen and oxygen atoms in total. The van der Waals surface area contributed by atoms with Gasteiger partial charge < -0.3 is 20.2 Å². The second-order valence-electron chi connectivity index (χ2n) is 16.3. The molecule has 10 rings (SSSR count). The van der Waals surface area contributed by atoms with Gasteiger partial charge in [-0.25, -0.2) is 4.98 Å². The number of hydrogen-bond acceptors (Lipinski definition) is 5. The van der Waals surface area contributed by atoms with E-state index in [1.807, 2.05) is 24.4 Å². The topological polar surface area (TPSA) is 54.4 Å². The minimum Gasteiger partial charge on any atom is -0.457 e. The number of anilines is 3. The van der Waals surface area contributed by atoms with Gasteiger partial charge in [0.1, 0.15) is 17.3 Å². The van der Waals surface area contributed by atoms with E-state index < -0.39 is 0 Å². The van der Waals surface area contributed by atoms with Crippen LogP contribution in [0.25, 0.3) is 38.7 Å². The number of allylic oxidation sites excluding steroid dienone is 3. The highest BCUT2D eigenvalue weighted by Gasteiger charge is 2.34. The Morgan fingerprint density at radius 1 is 0.600 bits per heavy atom. The monoisotopic (exact) mass is 777 g/mol. The van der Waals surface area contributed by atoms with Crippen LogP contribution in [0.2, 0.25) is 0 Å². The predicted octanol–water partition coefficient (Wildman–Crippen LogP) is 13.3. The average molecular weight is 778 g/mol. The third-order valence-electron chi connectivity index (χ3n) is 11.3. The number of hydrogen-bond donors (Lipinski definition) is 2. The van der Waals surface area contributed by atoms with Crippen molar-refractivity contribution in [2.45, 2.75) is 26.2 Å². The summed E-state index contributed by atoms with van der Waals surface area (Å²) in [6.07, 6.45) is 10.5. The van der Waals surface area contributed by atoms with E-state index in [-0.39, 0.29) is 12.3 Å². The van der Waals surface area contributed by atoms with Gasteiger partial charge in [-0.1, -0.05) is 130 Å². The Labute approximate surface area is 351 Å². The molecule has 0 radical (unpaired) electrons. The van der Waals surface area contributed by atoms with Crippen LogP contribution in [0.15, 0.2) is 206 Å². The summed E-state index contributed by atoms with van der Waals surface area (Å²) in [4.78, 5) is 7.15. The fraction of sp³-hybridized carbons (Fsp3) is 0.0755. The molecule has 0 unspecified atom stereocenters. The molecule has 60 heavy (non-hydrogen) atoms. The lowest BCUT2D eigenvalue weighted by Gasteiger charge is -2.35. The molecule has 0 spiro atoms. The molecular weight excluding hydrogens is 733 g/mol. The van der Waals surface area contributed by atoms with Gasteiger partial charge in [-0.05, 0) is 94.5 Å². The van der Waals surface area contributed by atoms with E-state index >= 15 is 0 Å². The molecule has 4 heterocycles. The lowest BCUT2D eigenvalue weighted by molar-refractivity contribution is 0.483. The van der Waals surface area contributed by atoms with E-state index in [4.69, 9.17) is 9.72 Å². The summed E-state index contributed by atoms with van der Waals surface area (Å²) in [7, 11) is 0. The zero-order valence-electron chi connectivity index (χ0n) is 33.9. The highest BCUT2D eigenvalue weighted by Crippen LogP contribution is 2.41. The standard InChI is InChI=1S/C53H44BN5O/c1-53(2,3)39-29-31-55-50(33-39)59-48-26-13-10-23-43(48)44-28-27-42(35-49(44)59)60-41-22-16-21-40(34-41)56-46-24-11-12-25-47(46)57-52-45(37-17-6-4-7-18-37)36-58-32-15-14-30-54(58)51(52)38-19-8-5-9-20-38/h4-36,56-57H,1-3H3. The van der Waals surface area contributed by atoms with Gasteiger partial charge in [0.15, 0.2) is 0 Å². The number of pyridine rings is 1. The summed E-state index contributed by atoms with van der Waals surface area (Å²) in [6.45, 7) is 6.73. The number of para-hydroxylation sites is 3. The fourth-order valence-corrected chi connectivity index (χ4v) is 8.32. The normalized spacial score (nSPS) is 13.8. The molecule has 8 aromatic rings. The van der Waals surface area contributed by atoms with E-state index in [0.717, 1.165) is 67.6 Å². The minimum absolute atomic E-state index is 0.00686. The molecule has 0 aliphatic carbocycles. The molecule has 290 valence electrons. The second-order valence-corrected chi connectivity index (χ2v) is 16.3. The summed E-state index contributed by atoms with van der Waals surface area (Å²) in [5.74, 6) is 4.63. The highest BCUT2D eigenvalue weighted by molar-refractivity contribution is 6.82. The maximum absolute atomic E-state index is 6.64. The van der Waals surface area contributed by atoms with Crippen LogP contribution in [0, 0.1) is 0 Å². The number of nitrogens with zero attached hydrogens (tertiary/aromatic N) is 3. The summed E-state index contributed by atoms with van der Waals surface area (Å²) < 4.78 is 8.88. The van der Waals surface area contributed by atoms with Gasteiger partial charge >= 0.3 is 6.85 Å². The summed E-state index contributed by atoms with van der Waals surface area (Å²) in [6, 6.07) is 57.0. The molecule has 0 atom stereocenters. The number of ether oxygens (including phenoxy) is 1. The molecule has 7 heteroatoms. The first-order valence-corrected chi connectivity index (χ1v) is 20.5. The van der Waals surface area contributed by atoms with Crippen LogP contribution in [0.1, 0.15) is 37.5 Å². The Kier molecular flexibility index (Phi) is 9.42. The number of nitrogens with one attached hydrogen (secondary N) is 2. The Morgan fingerprint density at radius 2 is 1.30 bits per heavy atom. The molecule has 0 fully saturated rings. The van der Waals surface area contributed by atoms with Crippen LogP contribution < -0.4 is 15.4 Å². The van der Waals surface area contributed by atoms with Crippen molar-refractivity contribution in [3.8, 4) is 17.3 Å². The molecule has 0 saturated carbocycles. The summed E-state index contributed by atoms with van der Waals surface area (Å²) >= 11 is 0. The van der Waals surface area contributed by atoms with E-state index in [0.29, 0.717) is 0 Å². The van der Waals surface area contributed by atoms with Crippen LogP contribution in [-0.2, 0) is 5.41 Å². The van der Waals surface area contributed by atoms with E-state index in [9.17, 15) is 0 Å². The maximum Gasteiger partial charge on any atom is 0.322 e. The second kappa shape index (κ2) is 15.3. The van der Waals surface area contributed by atoms with Crippen molar-refractivity contribution < 1.29 is 4.74 Å². The first kappa shape index (κ1) is 36.8. The van der Waals surface area contributed by atoms with Crippen LogP contribution in [-0.4, -0.2) is 21.2 Å². The summed E-state index contributed by atoms with van der Waals surface area (Å²) in [5.41, 5.74) is 11.9. The van der Waals surface area contributed by atoms with Gasteiger partial charge in [-0.15, -0.1) is 0 Å².